The molecular formula is C18H28ClN. The summed E-state index contributed by atoms with van der Waals surface area (Å²) in [6, 6.07) is 5.82. The van der Waals surface area contributed by atoms with Gasteiger partial charge in [-0.3, -0.25) is 4.90 Å². The van der Waals surface area contributed by atoms with Gasteiger partial charge in [-0.25, -0.2) is 0 Å². The second-order valence-corrected chi connectivity index (χ2v) is 7.13. The summed E-state index contributed by atoms with van der Waals surface area (Å²) in [5, 5.41) is 0.0959. The van der Waals surface area contributed by atoms with Gasteiger partial charge >= 0.3 is 0 Å². The monoisotopic (exact) mass is 293 g/mol. The molecule has 0 aromatic heterocycles. The summed E-state index contributed by atoms with van der Waals surface area (Å²) in [6.45, 7) is 12.2. The van der Waals surface area contributed by atoms with E-state index in [-0.39, 0.29) is 5.38 Å². The average molecular weight is 294 g/mol. The van der Waals surface area contributed by atoms with Crippen LogP contribution in [0.15, 0.2) is 12.1 Å². The highest BCUT2D eigenvalue weighted by Crippen LogP contribution is 2.32. The van der Waals surface area contributed by atoms with Crippen molar-refractivity contribution in [3.05, 3.63) is 34.4 Å². The van der Waals surface area contributed by atoms with Crippen LogP contribution in [0.2, 0.25) is 0 Å². The van der Waals surface area contributed by atoms with E-state index in [0.29, 0.717) is 12.1 Å². The fraction of sp³-hybridized carbons (Fsp3) is 0.667. The van der Waals surface area contributed by atoms with E-state index < -0.39 is 0 Å². The Morgan fingerprint density at radius 1 is 1.10 bits per heavy atom. The van der Waals surface area contributed by atoms with Crippen molar-refractivity contribution in [2.45, 2.75) is 71.3 Å². The quantitative estimate of drug-likeness (QED) is 0.696. The highest BCUT2D eigenvalue weighted by Gasteiger charge is 2.27. The highest BCUT2D eigenvalue weighted by atomic mass is 35.5. The van der Waals surface area contributed by atoms with Crippen molar-refractivity contribution in [2.24, 2.45) is 0 Å². The molecule has 1 fully saturated rings. The van der Waals surface area contributed by atoms with Crippen molar-refractivity contribution in [3.8, 4) is 0 Å². The molecule has 1 heterocycles. The molecule has 20 heavy (non-hydrogen) atoms. The molecular weight excluding hydrogens is 266 g/mol. The lowest BCUT2D eigenvalue weighted by molar-refractivity contribution is 0.103. The van der Waals surface area contributed by atoms with Crippen LogP contribution in [-0.2, 0) is 0 Å². The molecule has 2 rings (SSSR count). The van der Waals surface area contributed by atoms with E-state index in [2.05, 4.69) is 51.7 Å². The van der Waals surface area contributed by atoms with Gasteiger partial charge in [-0.1, -0.05) is 24.1 Å². The summed E-state index contributed by atoms with van der Waals surface area (Å²) in [6.07, 6.45) is 3.97. The van der Waals surface area contributed by atoms with E-state index in [4.69, 9.17) is 11.6 Å². The zero-order valence-corrected chi connectivity index (χ0v) is 14.3. The Hall–Kier alpha value is -0.530. The second-order valence-electron chi connectivity index (χ2n) is 6.61. The van der Waals surface area contributed by atoms with Gasteiger partial charge in [-0.2, -0.15) is 0 Å². The first-order valence-electron chi connectivity index (χ1n) is 7.87. The molecule has 0 bridgehead atoms. The number of hydrogen-bond donors (Lipinski definition) is 0. The molecule has 3 unspecified atom stereocenters. The molecule has 0 amide bonds. The van der Waals surface area contributed by atoms with Gasteiger partial charge in [-0.15, -0.1) is 11.6 Å². The smallest absolute Gasteiger partial charge is 0.0717 e. The summed E-state index contributed by atoms with van der Waals surface area (Å²) in [5.41, 5.74) is 5.33. The zero-order chi connectivity index (χ0) is 14.9. The number of rotatable bonds is 3. The van der Waals surface area contributed by atoms with Crippen LogP contribution in [0.1, 0.15) is 60.7 Å². The predicted octanol–water partition coefficient (Wildman–Crippen LogP) is 5.15. The Morgan fingerprint density at radius 3 is 2.10 bits per heavy atom. The van der Waals surface area contributed by atoms with Crippen LogP contribution < -0.4 is 0 Å². The van der Waals surface area contributed by atoms with Gasteiger partial charge in [-0.05, 0) is 64.2 Å². The minimum Gasteiger partial charge on any atom is -0.296 e. The minimum absolute atomic E-state index is 0.0959. The van der Waals surface area contributed by atoms with E-state index in [0.717, 1.165) is 6.54 Å². The topological polar surface area (TPSA) is 3.24 Å². The van der Waals surface area contributed by atoms with Gasteiger partial charge in [0.2, 0.25) is 0 Å². The molecule has 0 aliphatic carbocycles. The third-order valence-corrected chi connectivity index (χ3v) is 5.15. The molecule has 0 N–H and O–H groups in total. The molecule has 1 aliphatic heterocycles. The van der Waals surface area contributed by atoms with Crippen molar-refractivity contribution in [2.75, 3.05) is 6.54 Å². The molecule has 0 spiro atoms. The lowest BCUT2D eigenvalue weighted by Crippen LogP contribution is -2.45. The van der Waals surface area contributed by atoms with E-state index >= 15 is 0 Å². The Balaban J connectivity index is 2.17. The third-order valence-electron chi connectivity index (χ3n) is 4.80. The molecule has 0 saturated carbocycles. The largest absolute Gasteiger partial charge is 0.296 e. The lowest BCUT2D eigenvalue weighted by atomic mass is 9.94. The third kappa shape index (κ3) is 3.38. The lowest BCUT2D eigenvalue weighted by Gasteiger charge is -2.40. The first-order valence-corrected chi connectivity index (χ1v) is 8.31. The Kier molecular flexibility index (Phi) is 5.14. The van der Waals surface area contributed by atoms with Gasteiger partial charge in [0.05, 0.1) is 5.38 Å². The van der Waals surface area contributed by atoms with Crippen LogP contribution >= 0.6 is 11.6 Å². The van der Waals surface area contributed by atoms with Crippen LogP contribution in [0.5, 0.6) is 0 Å². The average Bonchev–Trinajstić information content (AvgIpc) is 2.32. The summed E-state index contributed by atoms with van der Waals surface area (Å²) in [5.74, 6) is 0. The second kappa shape index (κ2) is 6.49. The normalized spacial score (nSPS) is 25.7. The van der Waals surface area contributed by atoms with Crippen molar-refractivity contribution < 1.29 is 0 Å². The van der Waals surface area contributed by atoms with Crippen LogP contribution in [0.25, 0.3) is 0 Å². The molecule has 1 aromatic rings. The van der Waals surface area contributed by atoms with Gasteiger partial charge in [0.25, 0.3) is 0 Å². The maximum Gasteiger partial charge on any atom is 0.0717 e. The highest BCUT2D eigenvalue weighted by molar-refractivity contribution is 6.21. The molecule has 0 radical (unpaired) electrons. The predicted molar refractivity (Wildman–Crippen MR) is 88.7 cm³/mol. The van der Waals surface area contributed by atoms with E-state index in [1.165, 1.54) is 41.5 Å². The van der Waals surface area contributed by atoms with Crippen molar-refractivity contribution in [1.29, 1.82) is 0 Å². The number of benzene rings is 1. The Morgan fingerprint density at radius 2 is 1.60 bits per heavy atom. The number of nitrogens with zero attached hydrogens (tertiary/aromatic N) is 1. The van der Waals surface area contributed by atoms with Crippen molar-refractivity contribution in [3.63, 3.8) is 0 Å². The number of halogens is 1. The fourth-order valence-electron chi connectivity index (χ4n) is 3.80. The summed E-state index contributed by atoms with van der Waals surface area (Å²) >= 11 is 6.79. The van der Waals surface area contributed by atoms with Gasteiger partial charge < -0.3 is 0 Å². The molecule has 112 valence electrons. The van der Waals surface area contributed by atoms with Gasteiger partial charge in [0, 0.05) is 18.6 Å². The van der Waals surface area contributed by atoms with E-state index in [1.807, 2.05) is 0 Å². The molecule has 1 aromatic carbocycles. The number of likely N-dealkylation sites (tertiary alicyclic amines) is 1. The first kappa shape index (κ1) is 15.9. The Bertz CT molecular complexity index is 435. The summed E-state index contributed by atoms with van der Waals surface area (Å²) in [4.78, 5) is 2.60. The molecule has 1 aliphatic rings. The summed E-state index contributed by atoms with van der Waals surface area (Å²) in [7, 11) is 0. The SMILES string of the molecule is Cc1cc(C)c(C(Cl)CN2C(C)CCCC2C)c(C)c1. The van der Waals surface area contributed by atoms with E-state index in [9.17, 15) is 0 Å². The maximum atomic E-state index is 6.79. The van der Waals surface area contributed by atoms with Crippen LogP contribution in [0, 0.1) is 20.8 Å². The molecule has 1 nitrogen and oxygen atoms in total. The maximum absolute atomic E-state index is 6.79. The van der Waals surface area contributed by atoms with Gasteiger partial charge in [0.1, 0.15) is 0 Å². The summed E-state index contributed by atoms with van der Waals surface area (Å²) < 4.78 is 0. The molecule has 3 atom stereocenters. The van der Waals surface area contributed by atoms with Crippen LogP contribution in [-0.4, -0.2) is 23.5 Å². The number of aryl methyl sites for hydroxylation is 3. The number of alkyl halides is 1. The standard InChI is InChI=1S/C18H28ClN/c1-12-9-13(2)18(14(3)10-12)17(19)11-20-15(4)7-6-8-16(20)5/h9-10,15-17H,6-8,11H2,1-5H3. The fourth-order valence-corrected chi connectivity index (χ4v) is 4.30. The minimum atomic E-state index is 0.0959. The first-order chi connectivity index (χ1) is 9.40. The Labute approximate surface area is 129 Å². The van der Waals surface area contributed by atoms with Crippen LogP contribution in [0.3, 0.4) is 0 Å². The van der Waals surface area contributed by atoms with Crippen LogP contribution in [0.4, 0.5) is 0 Å². The zero-order valence-electron chi connectivity index (χ0n) is 13.5. The number of piperidine rings is 1. The van der Waals surface area contributed by atoms with Crippen molar-refractivity contribution in [1.82, 2.24) is 4.90 Å². The molecule has 1 saturated heterocycles. The van der Waals surface area contributed by atoms with E-state index in [1.54, 1.807) is 0 Å². The molecule has 2 heteroatoms. The van der Waals surface area contributed by atoms with Gasteiger partial charge in [0.15, 0.2) is 0 Å². The van der Waals surface area contributed by atoms with Crippen molar-refractivity contribution >= 4 is 11.6 Å². The number of hydrogen-bond acceptors (Lipinski definition) is 1.